The number of aryl methyl sites for hydroxylation is 1. The predicted molar refractivity (Wildman–Crippen MR) is 95.6 cm³/mol. The van der Waals surface area contributed by atoms with E-state index in [0.717, 1.165) is 51.1 Å². The minimum atomic E-state index is -0.188. The maximum atomic E-state index is 13.3. The third-order valence-corrected chi connectivity index (χ3v) is 4.74. The van der Waals surface area contributed by atoms with E-state index in [1.54, 1.807) is 12.1 Å². The molecule has 1 aromatic carbocycles. The average Bonchev–Trinajstić information content (AvgIpc) is 2.89. The van der Waals surface area contributed by atoms with Crippen LogP contribution in [0.2, 0.25) is 0 Å². The average molecular weight is 330 g/mol. The van der Waals surface area contributed by atoms with Gasteiger partial charge in [-0.2, -0.15) is 5.10 Å². The van der Waals surface area contributed by atoms with E-state index in [4.69, 9.17) is 0 Å². The van der Waals surface area contributed by atoms with E-state index in [1.807, 2.05) is 12.3 Å². The monoisotopic (exact) mass is 330 g/mol. The molecular formula is C19H27FN4. The first-order chi connectivity index (χ1) is 11.7. The molecular weight excluding hydrogens is 303 g/mol. The summed E-state index contributed by atoms with van der Waals surface area (Å²) < 4.78 is 15.4. The van der Waals surface area contributed by atoms with Crippen LogP contribution < -0.4 is 5.32 Å². The Labute approximate surface area is 143 Å². The fraction of sp³-hybridized carbons (Fsp3) is 0.526. The molecule has 0 spiro atoms. The number of hydrogen-bond donors (Lipinski definition) is 1. The Balaban J connectivity index is 1.59. The van der Waals surface area contributed by atoms with Crippen molar-refractivity contribution < 1.29 is 4.39 Å². The van der Waals surface area contributed by atoms with Crippen LogP contribution >= 0.6 is 0 Å². The molecule has 2 aromatic rings. The summed E-state index contributed by atoms with van der Waals surface area (Å²) in [7, 11) is 0. The number of halogens is 1. The van der Waals surface area contributed by atoms with E-state index >= 15 is 0 Å². The van der Waals surface area contributed by atoms with Crippen molar-refractivity contribution in [3.05, 3.63) is 47.5 Å². The van der Waals surface area contributed by atoms with Gasteiger partial charge in [-0.1, -0.05) is 13.0 Å². The molecule has 1 atom stereocenters. The molecule has 3 rings (SSSR count). The zero-order valence-electron chi connectivity index (χ0n) is 14.6. The van der Waals surface area contributed by atoms with Gasteiger partial charge in [-0.15, -0.1) is 0 Å². The zero-order valence-corrected chi connectivity index (χ0v) is 14.6. The molecule has 1 aliphatic rings. The van der Waals surface area contributed by atoms with Gasteiger partial charge in [0.25, 0.3) is 0 Å². The molecule has 0 amide bonds. The standard InChI is InChI=1S/C19H27FN4/c1-3-9-24-15(2)16(12-21-24)13-23-10-5-8-19(14-23)22-18-7-4-6-17(20)11-18/h4,6-7,11-12,19,22H,3,5,8-10,13-14H2,1-2H3/t19-/m1/s1. The number of anilines is 1. The molecule has 1 aromatic heterocycles. The molecule has 1 fully saturated rings. The fourth-order valence-electron chi connectivity index (χ4n) is 3.45. The Kier molecular flexibility index (Phi) is 5.51. The van der Waals surface area contributed by atoms with E-state index in [1.165, 1.54) is 17.3 Å². The highest BCUT2D eigenvalue weighted by Crippen LogP contribution is 2.19. The third-order valence-electron chi connectivity index (χ3n) is 4.74. The van der Waals surface area contributed by atoms with Gasteiger partial charge < -0.3 is 5.32 Å². The molecule has 2 heterocycles. The van der Waals surface area contributed by atoms with Crippen LogP contribution in [0.4, 0.5) is 10.1 Å². The highest BCUT2D eigenvalue weighted by molar-refractivity contribution is 5.44. The number of hydrogen-bond acceptors (Lipinski definition) is 3. The molecule has 24 heavy (non-hydrogen) atoms. The highest BCUT2D eigenvalue weighted by atomic mass is 19.1. The van der Waals surface area contributed by atoms with Gasteiger partial charge in [-0.05, 0) is 50.9 Å². The second-order valence-corrected chi connectivity index (χ2v) is 6.71. The fourth-order valence-corrected chi connectivity index (χ4v) is 3.45. The summed E-state index contributed by atoms with van der Waals surface area (Å²) >= 11 is 0. The number of piperidine rings is 1. The van der Waals surface area contributed by atoms with Crippen LogP contribution in [-0.4, -0.2) is 33.8 Å². The summed E-state index contributed by atoms with van der Waals surface area (Å²) in [5, 5.41) is 7.98. The van der Waals surface area contributed by atoms with Crippen LogP contribution in [0.3, 0.4) is 0 Å². The van der Waals surface area contributed by atoms with Crippen LogP contribution in [0, 0.1) is 12.7 Å². The quantitative estimate of drug-likeness (QED) is 0.874. The van der Waals surface area contributed by atoms with E-state index < -0.39 is 0 Å². The maximum Gasteiger partial charge on any atom is 0.125 e. The van der Waals surface area contributed by atoms with Crippen molar-refractivity contribution in [3.8, 4) is 0 Å². The van der Waals surface area contributed by atoms with E-state index in [0.29, 0.717) is 6.04 Å². The van der Waals surface area contributed by atoms with Crippen molar-refractivity contribution in [2.45, 2.75) is 52.2 Å². The van der Waals surface area contributed by atoms with Gasteiger partial charge in [0.1, 0.15) is 5.82 Å². The summed E-state index contributed by atoms with van der Waals surface area (Å²) in [5.41, 5.74) is 3.46. The van der Waals surface area contributed by atoms with Gasteiger partial charge >= 0.3 is 0 Å². The SMILES string of the molecule is CCCn1ncc(CN2CCC[C@@H](Nc3cccc(F)c3)C2)c1C. The topological polar surface area (TPSA) is 33.1 Å². The normalized spacial score (nSPS) is 18.7. The number of benzene rings is 1. The van der Waals surface area contributed by atoms with Crippen molar-refractivity contribution in [3.63, 3.8) is 0 Å². The minimum Gasteiger partial charge on any atom is -0.381 e. The lowest BCUT2D eigenvalue weighted by atomic mass is 10.0. The summed E-state index contributed by atoms with van der Waals surface area (Å²) in [6.45, 7) is 8.35. The predicted octanol–water partition coefficient (Wildman–Crippen LogP) is 3.82. The Morgan fingerprint density at radius 2 is 2.25 bits per heavy atom. The maximum absolute atomic E-state index is 13.3. The van der Waals surface area contributed by atoms with Crippen LogP contribution in [0.1, 0.15) is 37.4 Å². The van der Waals surface area contributed by atoms with Crippen molar-refractivity contribution in [2.75, 3.05) is 18.4 Å². The first kappa shape index (κ1) is 17.0. The Morgan fingerprint density at radius 1 is 1.38 bits per heavy atom. The van der Waals surface area contributed by atoms with Crippen LogP contribution in [0.5, 0.6) is 0 Å². The second-order valence-electron chi connectivity index (χ2n) is 6.71. The molecule has 1 aliphatic heterocycles. The molecule has 4 nitrogen and oxygen atoms in total. The van der Waals surface area contributed by atoms with Gasteiger partial charge in [0, 0.05) is 42.6 Å². The van der Waals surface area contributed by atoms with Gasteiger partial charge in [0.05, 0.1) is 6.20 Å². The first-order valence-electron chi connectivity index (χ1n) is 8.91. The number of nitrogens with one attached hydrogen (secondary N) is 1. The lowest BCUT2D eigenvalue weighted by Gasteiger charge is -2.33. The molecule has 0 unspecified atom stereocenters. The third kappa shape index (κ3) is 4.15. The van der Waals surface area contributed by atoms with E-state index in [-0.39, 0.29) is 5.82 Å². The number of aromatic nitrogens is 2. The first-order valence-corrected chi connectivity index (χ1v) is 8.91. The molecule has 0 radical (unpaired) electrons. The van der Waals surface area contributed by atoms with Crippen molar-refractivity contribution in [1.82, 2.24) is 14.7 Å². The summed E-state index contributed by atoms with van der Waals surface area (Å²) in [6, 6.07) is 7.10. The number of likely N-dealkylation sites (tertiary alicyclic amines) is 1. The largest absolute Gasteiger partial charge is 0.381 e. The highest BCUT2D eigenvalue weighted by Gasteiger charge is 2.21. The second kappa shape index (κ2) is 7.79. The Bertz CT molecular complexity index is 667. The van der Waals surface area contributed by atoms with Gasteiger partial charge in [0.2, 0.25) is 0 Å². The van der Waals surface area contributed by atoms with Crippen molar-refractivity contribution in [1.29, 1.82) is 0 Å². The number of nitrogens with zero attached hydrogens (tertiary/aromatic N) is 3. The smallest absolute Gasteiger partial charge is 0.125 e. The van der Waals surface area contributed by atoms with Crippen molar-refractivity contribution in [2.24, 2.45) is 0 Å². The van der Waals surface area contributed by atoms with E-state index in [9.17, 15) is 4.39 Å². The Hall–Kier alpha value is -1.88. The van der Waals surface area contributed by atoms with Gasteiger partial charge in [-0.25, -0.2) is 4.39 Å². The zero-order chi connectivity index (χ0) is 16.9. The summed E-state index contributed by atoms with van der Waals surface area (Å²) in [6.07, 6.45) is 5.40. The van der Waals surface area contributed by atoms with E-state index in [2.05, 4.69) is 33.8 Å². The van der Waals surface area contributed by atoms with Gasteiger partial charge in [-0.3, -0.25) is 9.58 Å². The summed E-state index contributed by atoms with van der Waals surface area (Å²) in [4.78, 5) is 2.47. The van der Waals surface area contributed by atoms with Gasteiger partial charge in [0.15, 0.2) is 0 Å². The molecule has 1 saturated heterocycles. The number of rotatable bonds is 6. The summed E-state index contributed by atoms with van der Waals surface area (Å²) in [5.74, 6) is -0.188. The van der Waals surface area contributed by atoms with Crippen LogP contribution in [-0.2, 0) is 13.1 Å². The molecule has 0 aliphatic carbocycles. The molecule has 5 heteroatoms. The van der Waals surface area contributed by atoms with Crippen LogP contribution in [0.25, 0.3) is 0 Å². The molecule has 130 valence electrons. The lowest BCUT2D eigenvalue weighted by molar-refractivity contribution is 0.208. The molecule has 0 saturated carbocycles. The van der Waals surface area contributed by atoms with Crippen molar-refractivity contribution >= 4 is 5.69 Å². The minimum absolute atomic E-state index is 0.188. The Morgan fingerprint density at radius 3 is 3.04 bits per heavy atom. The van der Waals surface area contributed by atoms with Crippen LogP contribution in [0.15, 0.2) is 30.5 Å². The molecule has 1 N–H and O–H groups in total. The molecule has 0 bridgehead atoms. The lowest BCUT2D eigenvalue weighted by Crippen LogP contribution is -2.41.